The van der Waals surface area contributed by atoms with Crippen molar-refractivity contribution in [2.24, 2.45) is 0 Å². The van der Waals surface area contributed by atoms with Crippen LogP contribution in [0.15, 0.2) is 60.7 Å². The molecule has 1 aliphatic heterocycles. The number of benzene rings is 2. The van der Waals surface area contributed by atoms with Gasteiger partial charge in [-0.05, 0) is 37.1 Å². The summed E-state index contributed by atoms with van der Waals surface area (Å²) in [7, 11) is 0. The standard InChI is InChI=1S/C20H21FN2O/c1-15(18-9-5-6-10-19(18)21)13-20(24)23-12-11-17(14-23)22-16-7-3-2-4-8-16/h2-10,13,17,22H,11-12,14H2,1H3/b15-13-. The molecule has 24 heavy (non-hydrogen) atoms. The van der Waals surface area contributed by atoms with Crippen LogP contribution in [-0.4, -0.2) is 29.9 Å². The first-order chi connectivity index (χ1) is 11.6. The van der Waals surface area contributed by atoms with E-state index < -0.39 is 0 Å². The number of nitrogens with zero attached hydrogens (tertiary/aromatic N) is 1. The van der Waals surface area contributed by atoms with Crippen LogP contribution in [0.4, 0.5) is 10.1 Å². The quantitative estimate of drug-likeness (QED) is 0.864. The Kier molecular flexibility index (Phi) is 4.94. The van der Waals surface area contributed by atoms with Crippen molar-refractivity contribution in [2.45, 2.75) is 19.4 Å². The SMILES string of the molecule is C/C(=C/C(=O)N1CCC(Nc2ccccc2)C1)c1ccccc1F. The van der Waals surface area contributed by atoms with Crippen LogP contribution in [0.2, 0.25) is 0 Å². The Morgan fingerprint density at radius 3 is 2.62 bits per heavy atom. The molecule has 1 saturated heterocycles. The van der Waals surface area contributed by atoms with Gasteiger partial charge in [-0.3, -0.25) is 4.79 Å². The van der Waals surface area contributed by atoms with Crippen molar-refractivity contribution in [1.82, 2.24) is 4.90 Å². The van der Waals surface area contributed by atoms with Crippen LogP contribution < -0.4 is 5.32 Å². The van der Waals surface area contributed by atoms with Crippen LogP contribution in [-0.2, 0) is 4.79 Å². The van der Waals surface area contributed by atoms with Crippen LogP contribution in [0, 0.1) is 5.82 Å². The maximum absolute atomic E-state index is 13.8. The molecular formula is C20H21FN2O. The minimum Gasteiger partial charge on any atom is -0.380 e. The number of hydrogen-bond acceptors (Lipinski definition) is 2. The molecule has 0 saturated carbocycles. The zero-order valence-corrected chi connectivity index (χ0v) is 13.7. The van der Waals surface area contributed by atoms with Crippen LogP contribution >= 0.6 is 0 Å². The number of amides is 1. The van der Waals surface area contributed by atoms with E-state index in [1.54, 1.807) is 25.1 Å². The number of nitrogens with one attached hydrogen (secondary N) is 1. The Morgan fingerprint density at radius 2 is 1.88 bits per heavy atom. The molecule has 1 fully saturated rings. The van der Waals surface area contributed by atoms with Crippen molar-refractivity contribution in [2.75, 3.05) is 18.4 Å². The van der Waals surface area contributed by atoms with Gasteiger partial charge < -0.3 is 10.2 Å². The molecule has 0 bridgehead atoms. The van der Waals surface area contributed by atoms with Crippen LogP contribution in [0.1, 0.15) is 18.9 Å². The third-order valence-electron chi connectivity index (χ3n) is 4.28. The molecule has 1 atom stereocenters. The smallest absolute Gasteiger partial charge is 0.246 e. The van der Waals surface area contributed by atoms with Gasteiger partial charge in [0.25, 0.3) is 0 Å². The first-order valence-electron chi connectivity index (χ1n) is 8.17. The molecule has 0 aromatic heterocycles. The van der Waals surface area contributed by atoms with Gasteiger partial charge in [-0.25, -0.2) is 4.39 Å². The third kappa shape index (κ3) is 3.82. The minimum absolute atomic E-state index is 0.0619. The van der Waals surface area contributed by atoms with E-state index in [2.05, 4.69) is 5.32 Å². The van der Waals surface area contributed by atoms with E-state index in [4.69, 9.17) is 0 Å². The maximum atomic E-state index is 13.8. The van der Waals surface area contributed by atoms with Gasteiger partial charge in [0.1, 0.15) is 5.82 Å². The molecule has 1 unspecified atom stereocenters. The summed E-state index contributed by atoms with van der Waals surface area (Å²) in [5.41, 5.74) is 2.19. The number of rotatable bonds is 4. The fourth-order valence-corrected chi connectivity index (χ4v) is 2.98. The van der Waals surface area contributed by atoms with Gasteiger partial charge in [-0.15, -0.1) is 0 Å². The lowest BCUT2D eigenvalue weighted by atomic mass is 10.1. The lowest BCUT2D eigenvalue weighted by Gasteiger charge is -2.17. The van der Waals surface area contributed by atoms with Gasteiger partial charge in [0, 0.05) is 36.5 Å². The highest BCUT2D eigenvalue weighted by Gasteiger charge is 2.25. The summed E-state index contributed by atoms with van der Waals surface area (Å²) in [5.74, 6) is -0.364. The molecular weight excluding hydrogens is 303 g/mol. The molecule has 0 aliphatic carbocycles. The van der Waals surface area contributed by atoms with Crippen molar-refractivity contribution < 1.29 is 9.18 Å². The molecule has 124 valence electrons. The molecule has 4 heteroatoms. The van der Waals surface area contributed by atoms with E-state index >= 15 is 0 Å². The number of para-hydroxylation sites is 1. The Balaban J connectivity index is 1.62. The topological polar surface area (TPSA) is 32.3 Å². The molecule has 0 spiro atoms. The van der Waals surface area contributed by atoms with Crippen molar-refractivity contribution in [3.63, 3.8) is 0 Å². The van der Waals surface area contributed by atoms with Gasteiger partial charge in [-0.2, -0.15) is 0 Å². The monoisotopic (exact) mass is 324 g/mol. The van der Waals surface area contributed by atoms with Crippen molar-refractivity contribution in [3.8, 4) is 0 Å². The second-order valence-electron chi connectivity index (χ2n) is 6.09. The number of carbonyl (C=O) groups is 1. The molecule has 3 nitrogen and oxygen atoms in total. The lowest BCUT2D eigenvalue weighted by Crippen LogP contribution is -2.30. The van der Waals surface area contributed by atoms with Crippen molar-refractivity contribution in [1.29, 1.82) is 0 Å². The predicted octanol–water partition coefficient (Wildman–Crippen LogP) is 3.94. The van der Waals surface area contributed by atoms with E-state index in [1.807, 2.05) is 35.2 Å². The number of allylic oxidation sites excluding steroid dienone is 1. The van der Waals surface area contributed by atoms with Crippen LogP contribution in [0.25, 0.3) is 5.57 Å². The molecule has 3 rings (SSSR count). The van der Waals surface area contributed by atoms with Crippen LogP contribution in [0.3, 0.4) is 0 Å². The Labute approximate surface area is 141 Å². The van der Waals surface area contributed by atoms with Gasteiger partial charge in [0.05, 0.1) is 0 Å². The summed E-state index contributed by atoms with van der Waals surface area (Å²) in [6.45, 7) is 3.14. The summed E-state index contributed by atoms with van der Waals surface area (Å²) >= 11 is 0. The third-order valence-corrected chi connectivity index (χ3v) is 4.28. The van der Waals surface area contributed by atoms with E-state index in [0.29, 0.717) is 24.2 Å². The number of anilines is 1. The average molecular weight is 324 g/mol. The number of halogens is 1. The van der Waals surface area contributed by atoms with E-state index in [1.165, 1.54) is 12.1 Å². The zero-order chi connectivity index (χ0) is 16.9. The van der Waals surface area contributed by atoms with Gasteiger partial charge >= 0.3 is 0 Å². The first kappa shape index (κ1) is 16.2. The highest BCUT2D eigenvalue weighted by molar-refractivity contribution is 5.95. The summed E-state index contributed by atoms with van der Waals surface area (Å²) in [6.07, 6.45) is 2.44. The highest BCUT2D eigenvalue weighted by atomic mass is 19.1. The fraction of sp³-hybridized carbons (Fsp3) is 0.250. The summed E-state index contributed by atoms with van der Waals surface area (Å²) < 4.78 is 13.8. The summed E-state index contributed by atoms with van der Waals surface area (Å²) in [4.78, 5) is 14.2. The number of carbonyl (C=O) groups excluding carboxylic acids is 1. The summed E-state index contributed by atoms with van der Waals surface area (Å²) in [5, 5.41) is 3.45. The molecule has 1 aliphatic rings. The highest BCUT2D eigenvalue weighted by Crippen LogP contribution is 2.20. The molecule has 0 radical (unpaired) electrons. The van der Waals surface area contributed by atoms with Gasteiger partial charge in [0.2, 0.25) is 5.91 Å². The van der Waals surface area contributed by atoms with Gasteiger partial charge in [-0.1, -0.05) is 36.4 Å². The number of hydrogen-bond donors (Lipinski definition) is 1. The normalized spacial score (nSPS) is 17.8. The largest absolute Gasteiger partial charge is 0.380 e. The van der Waals surface area contributed by atoms with Crippen molar-refractivity contribution >= 4 is 17.2 Å². The van der Waals surface area contributed by atoms with Crippen LogP contribution in [0.5, 0.6) is 0 Å². The molecule has 1 N–H and O–H groups in total. The second-order valence-corrected chi connectivity index (χ2v) is 6.09. The maximum Gasteiger partial charge on any atom is 0.246 e. The zero-order valence-electron chi connectivity index (χ0n) is 13.7. The Hall–Kier alpha value is -2.62. The van der Waals surface area contributed by atoms with Gasteiger partial charge in [0.15, 0.2) is 0 Å². The average Bonchev–Trinajstić information content (AvgIpc) is 3.04. The number of likely N-dealkylation sites (tertiary alicyclic amines) is 1. The molecule has 1 amide bonds. The fourth-order valence-electron chi connectivity index (χ4n) is 2.98. The minimum atomic E-state index is -0.302. The Bertz CT molecular complexity index is 742. The Morgan fingerprint density at radius 1 is 1.17 bits per heavy atom. The second kappa shape index (κ2) is 7.30. The van der Waals surface area contributed by atoms with E-state index in [0.717, 1.165) is 12.1 Å². The summed E-state index contributed by atoms with van der Waals surface area (Å²) in [6, 6.07) is 16.8. The molecule has 2 aromatic carbocycles. The molecule has 2 aromatic rings. The molecule has 1 heterocycles. The van der Waals surface area contributed by atoms with E-state index in [9.17, 15) is 9.18 Å². The lowest BCUT2D eigenvalue weighted by molar-refractivity contribution is -0.124. The predicted molar refractivity (Wildman–Crippen MR) is 95.1 cm³/mol. The first-order valence-corrected chi connectivity index (χ1v) is 8.17. The van der Waals surface area contributed by atoms with Crippen molar-refractivity contribution in [3.05, 3.63) is 72.1 Å². The van der Waals surface area contributed by atoms with E-state index in [-0.39, 0.29) is 17.8 Å².